The molecule has 2 aromatic carbocycles. The second-order valence-electron chi connectivity index (χ2n) is 7.01. The van der Waals surface area contributed by atoms with E-state index in [1.165, 1.54) is 55.6 Å². The number of nitrogen functional groups attached to an aromatic ring is 1. The van der Waals surface area contributed by atoms with Gasteiger partial charge >= 0.3 is 0 Å². The maximum atomic E-state index is 14.8. The molecule has 3 aromatic rings. The molecule has 7 N–H and O–H groups in total. The van der Waals surface area contributed by atoms with Gasteiger partial charge in [0.2, 0.25) is 10.0 Å². The number of primary sulfonamides is 1. The number of benzene rings is 2. The van der Waals surface area contributed by atoms with E-state index in [-0.39, 0.29) is 39.0 Å². The number of nitrogens with two attached hydrogens (primary N) is 2. The summed E-state index contributed by atoms with van der Waals surface area (Å²) in [7, 11) is -3.96. The number of hydrogen-bond acceptors (Lipinski definition) is 6. The zero-order valence-electron chi connectivity index (χ0n) is 17.3. The first kappa shape index (κ1) is 23.6. The van der Waals surface area contributed by atoms with Gasteiger partial charge in [-0.1, -0.05) is 18.2 Å². The maximum absolute atomic E-state index is 14.8. The fourth-order valence-corrected chi connectivity index (χ4v) is 3.80. The van der Waals surface area contributed by atoms with Gasteiger partial charge in [0.1, 0.15) is 17.4 Å². The lowest BCUT2D eigenvalue weighted by atomic mass is 10.0. The van der Waals surface area contributed by atoms with Crippen LogP contribution in [0, 0.1) is 5.41 Å². The third-order valence-electron chi connectivity index (χ3n) is 4.75. The quantitative estimate of drug-likeness (QED) is 0.211. The summed E-state index contributed by atoms with van der Waals surface area (Å²) >= 11 is 0. The van der Waals surface area contributed by atoms with Crippen molar-refractivity contribution >= 4 is 33.2 Å². The van der Waals surface area contributed by atoms with Crippen LogP contribution in [-0.2, 0) is 14.8 Å². The van der Waals surface area contributed by atoms with Gasteiger partial charge in [-0.2, -0.15) is 0 Å². The summed E-state index contributed by atoms with van der Waals surface area (Å²) in [5, 5.41) is 25.0. The molecule has 0 saturated heterocycles. The van der Waals surface area contributed by atoms with Crippen LogP contribution in [0.1, 0.15) is 18.1 Å². The third kappa shape index (κ3) is 5.22. The van der Waals surface area contributed by atoms with Crippen LogP contribution in [0.15, 0.2) is 71.5 Å². The first-order valence-electron chi connectivity index (χ1n) is 9.43. The molecule has 0 aliphatic heterocycles. The molecule has 170 valence electrons. The Kier molecular flexibility index (Phi) is 6.56. The molecule has 33 heavy (non-hydrogen) atoms. The minimum atomic E-state index is -3.96. The van der Waals surface area contributed by atoms with Crippen molar-refractivity contribution in [1.82, 2.24) is 4.98 Å². The number of phenolic OH excluding ortho intramolecular Hbond substituents is 1. The number of carbonyl (C=O) groups excluding carboxylic acids is 1. The lowest BCUT2D eigenvalue weighted by Crippen LogP contribution is -2.15. The van der Waals surface area contributed by atoms with E-state index in [9.17, 15) is 22.7 Å². The van der Waals surface area contributed by atoms with Gasteiger partial charge in [-0.15, -0.1) is 0 Å². The summed E-state index contributed by atoms with van der Waals surface area (Å²) < 4.78 is 38.4. The van der Waals surface area contributed by atoms with Gasteiger partial charge in [0.05, 0.1) is 4.90 Å². The topological polar surface area (TPSA) is 172 Å². The van der Waals surface area contributed by atoms with Gasteiger partial charge in [-0.25, -0.2) is 22.9 Å². The number of rotatable bonds is 6. The fourth-order valence-electron chi connectivity index (χ4n) is 3.04. The molecule has 11 heteroatoms. The van der Waals surface area contributed by atoms with Gasteiger partial charge < -0.3 is 16.2 Å². The van der Waals surface area contributed by atoms with Crippen molar-refractivity contribution in [3.8, 4) is 16.9 Å². The molecule has 0 radical (unpaired) electrons. The van der Waals surface area contributed by atoms with Crippen LogP contribution >= 0.6 is 0 Å². The van der Waals surface area contributed by atoms with Crippen LogP contribution in [-0.4, -0.2) is 30.3 Å². The smallest absolute Gasteiger partial charge is 0.285 e. The number of amides is 1. The van der Waals surface area contributed by atoms with Crippen molar-refractivity contribution in [3.63, 3.8) is 0 Å². The van der Waals surface area contributed by atoms with Crippen LogP contribution < -0.4 is 16.2 Å². The lowest BCUT2D eigenvalue weighted by molar-refractivity contribution is -0.114. The molecule has 0 aliphatic carbocycles. The molecule has 1 amide bonds. The van der Waals surface area contributed by atoms with Crippen molar-refractivity contribution in [3.05, 3.63) is 77.7 Å². The molecule has 1 heterocycles. The zero-order valence-corrected chi connectivity index (χ0v) is 18.2. The summed E-state index contributed by atoms with van der Waals surface area (Å²) in [5.41, 5.74) is 6.28. The number of carbonyl (C=O) groups is 1. The number of allylic oxidation sites excluding steroid dienone is 1. The number of sulfonamides is 1. The fraction of sp³-hybridized carbons (Fsp3) is 0.0455. The number of anilines is 1. The molecule has 3 rings (SSSR count). The highest BCUT2D eigenvalue weighted by Crippen LogP contribution is 2.30. The van der Waals surface area contributed by atoms with Crippen molar-refractivity contribution in [2.45, 2.75) is 11.8 Å². The van der Waals surface area contributed by atoms with Crippen LogP contribution in [0.4, 0.5) is 10.2 Å². The average Bonchev–Trinajstić information content (AvgIpc) is 2.78. The van der Waals surface area contributed by atoms with E-state index < -0.39 is 21.8 Å². The van der Waals surface area contributed by atoms with Crippen LogP contribution in [0.2, 0.25) is 0 Å². The summed E-state index contributed by atoms with van der Waals surface area (Å²) in [4.78, 5) is 16.3. The SMILES string of the molecule is C/C(=C(\F)C(=O)Nc1ccc(-c2ccccc2S(N)(=O)=O)cn1)c1cc(C(=N)N)ccc1O. The standard InChI is InChI=1S/C22H20FN5O4S/c1-12(16-10-13(21(24)25)6-8-17(16)29)20(23)22(30)28-19-9-7-14(11-27-19)15-4-2-3-5-18(15)33(26,31)32/h2-11,29H,1H3,(H3,24,25)(H2,26,31,32)(H,27,28,30)/b20-12+. The molecule has 0 fully saturated rings. The number of phenols is 1. The third-order valence-corrected chi connectivity index (χ3v) is 5.72. The Morgan fingerprint density at radius 2 is 1.85 bits per heavy atom. The number of nitrogens with one attached hydrogen (secondary N) is 2. The van der Waals surface area contributed by atoms with Crippen molar-refractivity contribution in [2.75, 3.05) is 5.32 Å². The second kappa shape index (κ2) is 9.18. The van der Waals surface area contributed by atoms with E-state index in [0.717, 1.165) is 0 Å². The largest absolute Gasteiger partial charge is 0.507 e. The molecular formula is C22H20FN5O4S. The highest BCUT2D eigenvalue weighted by molar-refractivity contribution is 7.89. The Morgan fingerprint density at radius 3 is 2.45 bits per heavy atom. The number of hydrogen-bond donors (Lipinski definition) is 5. The highest BCUT2D eigenvalue weighted by atomic mass is 32.2. The molecule has 0 atom stereocenters. The Morgan fingerprint density at radius 1 is 1.15 bits per heavy atom. The first-order chi connectivity index (χ1) is 15.5. The van der Waals surface area contributed by atoms with Gasteiger partial charge in [0, 0.05) is 34.0 Å². The monoisotopic (exact) mass is 469 g/mol. The number of pyridine rings is 1. The van der Waals surface area contributed by atoms with E-state index in [0.29, 0.717) is 11.1 Å². The predicted molar refractivity (Wildman–Crippen MR) is 123 cm³/mol. The normalized spacial score (nSPS) is 12.1. The number of amidine groups is 1. The molecule has 0 spiro atoms. The number of aromatic nitrogens is 1. The van der Waals surface area contributed by atoms with E-state index >= 15 is 0 Å². The van der Waals surface area contributed by atoms with Gasteiger partial charge in [0.15, 0.2) is 5.83 Å². The second-order valence-corrected chi connectivity index (χ2v) is 8.54. The molecule has 0 saturated carbocycles. The molecule has 0 aliphatic rings. The average molecular weight is 469 g/mol. The van der Waals surface area contributed by atoms with Crippen LogP contribution in [0.25, 0.3) is 16.7 Å². The van der Waals surface area contributed by atoms with Crippen LogP contribution in [0.3, 0.4) is 0 Å². The molecule has 0 bridgehead atoms. The molecular weight excluding hydrogens is 449 g/mol. The van der Waals surface area contributed by atoms with Gasteiger partial charge in [-0.3, -0.25) is 10.2 Å². The summed E-state index contributed by atoms with van der Waals surface area (Å²) in [6.45, 7) is 1.30. The molecule has 0 unspecified atom stereocenters. The van der Waals surface area contributed by atoms with E-state index in [2.05, 4.69) is 10.3 Å². The van der Waals surface area contributed by atoms with Crippen molar-refractivity contribution in [2.24, 2.45) is 10.9 Å². The van der Waals surface area contributed by atoms with Crippen LogP contribution in [0.5, 0.6) is 5.75 Å². The molecule has 1 aromatic heterocycles. The van der Waals surface area contributed by atoms with E-state index in [1.807, 2.05) is 0 Å². The minimum absolute atomic E-state index is 0.0123. The van der Waals surface area contributed by atoms with E-state index in [4.69, 9.17) is 16.3 Å². The zero-order chi connectivity index (χ0) is 24.3. The van der Waals surface area contributed by atoms with Gasteiger partial charge in [-0.05, 0) is 43.3 Å². The predicted octanol–water partition coefficient (Wildman–Crippen LogP) is 2.72. The first-order valence-corrected chi connectivity index (χ1v) is 11.0. The minimum Gasteiger partial charge on any atom is -0.507 e. The van der Waals surface area contributed by atoms with Crippen molar-refractivity contribution < 1.29 is 22.7 Å². The summed E-state index contributed by atoms with van der Waals surface area (Å²) in [6.07, 6.45) is 1.32. The number of nitrogens with zero attached hydrogens (tertiary/aromatic N) is 1. The van der Waals surface area contributed by atoms with E-state index in [1.54, 1.807) is 12.1 Å². The highest BCUT2D eigenvalue weighted by Gasteiger charge is 2.18. The maximum Gasteiger partial charge on any atom is 0.285 e. The summed E-state index contributed by atoms with van der Waals surface area (Å²) in [6, 6.07) is 12.9. The number of aromatic hydroxyl groups is 1. The Labute approximate surface area is 189 Å². The van der Waals surface area contributed by atoms with Crippen molar-refractivity contribution in [1.29, 1.82) is 5.41 Å². The summed E-state index contributed by atoms with van der Waals surface area (Å²) in [5.74, 6) is -2.82. The molecule has 9 nitrogen and oxygen atoms in total. The Bertz CT molecular complexity index is 1390. The van der Waals surface area contributed by atoms with Gasteiger partial charge in [0.25, 0.3) is 5.91 Å². The Balaban J connectivity index is 1.86. The number of halogens is 1. The Hall–Kier alpha value is -4.09. The lowest BCUT2D eigenvalue weighted by Gasteiger charge is -2.10.